The number of nitrogens with zero attached hydrogens (tertiary/aromatic N) is 2. The van der Waals surface area contributed by atoms with Crippen molar-refractivity contribution in [2.75, 3.05) is 11.1 Å². The predicted octanol–water partition coefficient (Wildman–Crippen LogP) is 3.20. The minimum atomic E-state index is -3.19. The first-order valence-corrected chi connectivity index (χ1v) is 9.78. The average molecular weight is 355 g/mol. The summed E-state index contributed by atoms with van der Waals surface area (Å²) in [4.78, 5) is 15.5. The number of nitroso groups, excluding NO2 is 1. The molecule has 128 valence electrons. The van der Waals surface area contributed by atoms with Gasteiger partial charge in [0.2, 0.25) is 0 Å². The highest BCUT2D eigenvalue weighted by Gasteiger charge is 2.29. The van der Waals surface area contributed by atoms with Gasteiger partial charge in [0.1, 0.15) is 5.70 Å². The van der Waals surface area contributed by atoms with Crippen LogP contribution in [0.2, 0.25) is 0 Å². The quantitative estimate of drug-likeness (QED) is 0.854. The van der Waals surface area contributed by atoms with Gasteiger partial charge in [-0.05, 0) is 47.5 Å². The summed E-state index contributed by atoms with van der Waals surface area (Å²) < 4.78 is 24.4. The number of aryl methyl sites for hydroxylation is 1. The van der Waals surface area contributed by atoms with Crippen LogP contribution in [0.3, 0.4) is 0 Å². The molecule has 2 heterocycles. The molecule has 2 unspecified atom stereocenters. The fourth-order valence-electron chi connectivity index (χ4n) is 3.53. The first kappa shape index (κ1) is 16.0. The fourth-order valence-corrected chi connectivity index (χ4v) is 5.08. The predicted molar refractivity (Wildman–Crippen MR) is 97.1 cm³/mol. The van der Waals surface area contributed by atoms with E-state index in [2.05, 4.69) is 15.5 Å². The maximum absolute atomic E-state index is 12.2. The number of sulfone groups is 1. The van der Waals surface area contributed by atoms with Crippen LogP contribution in [0.5, 0.6) is 0 Å². The summed E-state index contributed by atoms with van der Waals surface area (Å²) in [7, 11) is -3.19. The molecule has 0 saturated heterocycles. The van der Waals surface area contributed by atoms with E-state index in [-0.39, 0.29) is 17.7 Å². The number of hydrogen-bond donors (Lipinski definition) is 1. The molecule has 2 aromatic rings. The molecule has 1 aliphatic carbocycles. The zero-order valence-electron chi connectivity index (χ0n) is 13.6. The summed E-state index contributed by atoms with van der Waals surface area (Å²) in [6.45, 7) is 2.00. The van der Waals surface area contributed by atoms with Crippen LogP contribution in [0.25, 0.3) is 10.9 Å². The smallest absolute Gasteiger partial charge is 0.179 e. The SMILES string of the molecule is CC1C=C(N=O)C=CC1Nc1ccnc2ccc3c(c12)CCS3(=O)=O. The van der Waals surface area contributed by atoms with E-state index in [0.717, 1.165) is 22.2 Å². The van der Waals surface area contributed by atoms with E-state index < -0.39 is 9.84 Å². The van der Waals surface area contributed by atoms with Crippen molar-refractivity contribution in [2.24, 2.45) is 11.1 Å². The summed E-state index contributed by atoms with van der Waals surface area (Å²) >= 11 is 0. The Morgan fingerprint density at radius 2 is 2.12 bits per heavy atom. The Labute approximate surface area is 145 Å². The third-order valence-corrected chi connectivity index (χ3v) is 6.62. The minimum absolute atomic E-state index is 0.00929. The van der Waals surface area contributed by atoms with Gasteiger partial charge in [-0.1, -0.05) is 13.0 Å². The van der Waals surface area contributed by atoms with Crippen LogP contribution in [0, 0.1) is 10.8 Å². The molecule has 0 spiro atoms. The summed E-state index contributed by atoms with van der Waals surface area (Å²) in [5, 5.41) is 7.30. The summed E-state index contributed by atoms with van der Waals surface area (Å²) in [5.74, 6) is 0.230. The van der Waals surface area contributed by atoms with Gasteiger partial charge in [-0.3, -0.25) is 4.98 Å². The van der Waals surface area contributed by atoms with E-state index in [1.54, 1.807) is 24.4 Å². The molecule has 0 bridgehead atoms. The molecule has 2 aliphatic rings. The molecular formula is C18H17N3O3S. The topological polar surface area (TPSA) is 88.5 Å². The summed E-state index contributed by atoms with van der Waals surface area (Å²) in [6, 6.07) is 5.28. The van der Waals surface area contributed by atoms with E-state index in [1.165, 1.54) is 0 Å². The van der Waals surface area contributed by atoms with Gasteiger partial charge < -0.3 is 5.32 Å². The van der Waals surface area contributed by atoms with Crippen LogP contribution >= 0.6 is 0 Å². The average Bonchev–Trinajstić information content (AvgIpc) is 2.92. The number of pyridine rings is 1. The first-order valence-electron chi connectivity index (χ1n) is 8.13. The van der Waals surface area contributed by atoms with Gasteiger partial charge in [-0.25, -0.2) is 8.42 Å². The van der Waals surface area contributed by atoms with Crippen molar-refractivity contribution in [1.82, 2.24) is 4.98 Å². The number of anilines is 1. The number of rotatable bonds is 3. The molecule has 6 nitrogen and oxygen atoms in total. The minimum Gasteiger partial charge on any atom is -0.378 e. The van der Waals surface area contributed by atoms with Gasteiger partial charge in [-0.15, -0.1) is 4.91 Å². The number of nitrogens with one attached hydrogen (secondary N) is 1. The molecule has 1 aromatic heterocycles. The Bertz CT molecular complexity index is 1040. The Hall–Kier alpha value is -2.54. The van der Waals surface area contributed by atoms with Crippen LogP contribution in [0.4, 0.5) is 5.69 Å². The van der Waals surface area contributed by atoms with E-state index in [0.29, 0.717) is 17.0 Å². The van der Waals surface area contributed by atoms with Crippen molar-refractivity contribution in [3.8, 4) is 0 Å². The molecular weight excluding hydrogens is 338 g/mol. The number of benzene rings is 1. The highest BCUT2D eigenvalue weighted by Crippen LogP contribution is 2.36. The Balaban J connectivity index is 1.79. The molecule has 0 fully saturated rings. The van der Waals surface area contributed by atoms with Crippen LogP contribution in [0.1, 0.15) is 12.5 Å². The Morgan fingerprint density at radius 3 is 2.88 bits per heavy atom. The molecule has 1 N–H and O–H groups in total. The normalized spacial score (nSPS) is 24.0. The van der Waals surface area contributed by atoms with Crippen LogP contribution in [-0.4, -0.2) is 25.2 Å². The van der Waals surface area contributed by atoms with Crippen molar-refractivity contribution in [3.63, 3.8) is 0 Å². The molecule has 0 radical (unpaired) electrons. The summed E-state index contributed by atoms with van der Waals surface area (Å²) in [6.07, 6.45) is 7.65. The van der Waals surface area contributed by atoms with Gasteiger partial charge >= 0.3 is 0 Å². The zero-order chi connectivity index (χ0) is 17.6. The fraction of sp³-hybridized carbons (Fsp3) is 0.278. The highest BCUT2D eigenvalue weighted by atomic mass is 32.2. The van der Waals surface area contributed by atoms with Crippen molar-refractivity contribution < 1.29 is 8.42 Å². The van der Waals surface area contributed by atoms with E-state index in [1.807, 2.05) is 25.1 Å². The zero-order valence-corrected chi connectivity index (χ0v) is 14.5. The van der Waals surface area contributed by atoms with Gasteiger partial charge in [-0.2, -0.15) is 0 Å². The molecule has 0 saturated carbocycles. The third kappa shape index (κ3) is 2.64. The second-order valence-electron chi connectivity index (χ2n) is 6.43. The summed E-state index contributed by atoms with van der Waals surface area (Å²) in [5.41, 5.74) is 2.90. The van der Waals surface area contributed by atoms with E-state index in [9.17, 15) is 13.3 Å². The van der Waals surface area contributed by atoms with Gasteiger partial charge in [0.05, 0.1) is 22.2 Å². The van der Waals surface area contributed by atoms with Gasteiger partial charge in [0, 0.05) is 23.2 Å². The lowest BCUT2D eigenvalue weighted by atomic mass is 9.95. The second kappa shape index (κ2) is 5.77. The van der Waals surface area contributed by atoms with Gasteiger partial charge in [0.25, 0.3) is 0 Å². The third-order valence-electron chi connectivity index (χ3n) is 4.83. The molecule has 0 amide bonds. The van der Waals surface area contributed by atoms with E-state index in [4.69, 9.17) is 0 Å². The molecule has 4 rings (SSSR count). The number of aromatic nitrogens is 1. The lowest BCUT2D eigenvalue weighted by Crippen LogP contribution is -2.26. The Kier molecular flexibility index (Phi) is 3.68. The lowest BCUT2D eigenvalue weighted by Gasteiger charge is -2.24. The molecule has 1 aromatic carbocycles. The number of fused-ring (bicyclic) bond motifs is 3. The maximum Gasteiger partial charge on any atom is 0.179 e. The van der Waals surface area contributed by atoms with Crippen molar-refractivity contribution in [2.45, 2.75) is 24.3 Å². The molecule has 7 heteroatoms. The largest absolute Gasteiger partial charge is 0.378 e. The number of hydrogen-bond acceptors (Lipinski definition) is 6. The standard InChI is InChI=1S/C18H17N3O3S/c1-11-10-12(21-22)2-3-14(11)20-16-6-8-19-15-4-5-17-13(18(15)16)7-9-25(17,23)24/h2-6,8,10-11,14H,7,9H2,1H3,(H,19,20). The second-order valence-corrected chi connectivity index (χ2v) is 8.51. The van der Waals surface area contributed by atoms with Crippen molar-refractivity contribution in [1.29, 1.82) is 0 Å². The molecule has 25 heavy (non-hydrogen) atoms. The van der Waals surface area contributed by atoms with E-state index >= 15 is 0 Å². The van der Waals surface area contributed by atoms with Gasteiger partial charge in [0.15, 0.2) is 9.84 Å². The van der Waals surface area contributed by atoms with Crippen molar-refractivity contribution >= 4 is 26.4 Å². The van der Waals surface area contributed by atoms with Crippen LogP contribution in [0.15, 0.2) is 58.4 Å². The first-order chi connectivity index (χ1) is 12.0. The van der Waals surface area contributed by atoms with Crippen molar-refractivity contribution in [3.05, 3.63) is 58.8 Å². The number of allylic oxidation sites excluding steroid dienone is 1. The Morgan fingerprint density at radius 1 is 1.28 bits per heavy atom. The molecule has 2 atom stereocenters. The maximum atomic E-state index is 12.2. The highest BCUT2D eigenvalue weighted by molar-refractivity contribution is 7.91. The van der Waals surface area contributed by atoms with Crippen LogP contribution in [-0.2, 0) is 16.3 Å². The van der Waals surface area contributed by atoms with Crippen LogP contribution < -0.4 is 5.32 Å². The lowest BCUT2D eigenvalue weighted by molar-refractivity contribution is 0.600. The molecule has 1 aliphatic heterocycles. The monoisotopic (exact) mass is 355 g/mol.